The van der Waals surface area contributed by atoms with Gasteiger partial charge in [-0.3, -0.25) is 4.98 Å². The molecule has 3 heteroatoms. The third-order valence-corrected chi connectivity index (χ3v) is 3.32. The summed E-state index contributed by atoms with van der Waals surface area (Å²) in [6.45, 7) is 0. The molecule has 0 fully saturated rings. The minimum atomic E-state index is 0.930. The molecule has 0 aliphatic rings. The van der Waals surface area contributed by atoms with Crippen LogP contribution in [0, 0.1) is 0 Å². The van der Waals surface area contributed by atoms with Gasteiger partial charge < -0.3 is 4.57 Å². The van der Waals surface area contributed by atoms with Crippen molar-refractivity contribution in [2.75, 3.05) is 0 Å². The zero-order chi connectivity index (χ0) is 12.7. The van der Waals surface area contributed by atoms with Crippen LogP contribution in [-0.2, 0) is 0 Å². The van der Waals surface area contributed by atoms with Gasteiger partial charge in [-0.25, -0.2) is 4.98 Å². The molecule has 90 valence electrons. The van der Waals surface area contributed by atoms with Gasteiger partial charge in [0.2, 0.25) is 0 Å². The Labute approximate surface area is 110 Å². The fourth-order valence-corrected chi connectivity index (χ4v) is 2.37. The molecule has 0 amide bonds. The SMILES string of the molecule is c1ccc2nc(-n3ccc4cnccc43)ccc2c1. The van der Waals surface area contributed by atoms with Crippen molar-refractivity contribution < 1.29 is 0 Å². The second kappa shape index (κ2) is 3.92. The average molecular weight is 245 g/mol. The number of hydrogen-bond donors (Lipinski definition) is 0. The molecule has 1 aromatic carbocycles. The molecule has 0 unspecified atom stereocenters. The van der Waals surface area contributed by atoms with Crippen molar-refractivity contribution in [3.05, 3.63) is 67.1 Å². The summed E-state index contributed by atoms with van der Waals surface area (Å²) in [5, 5.41) is 2.28. The maximum atomic E-state index is 4.71. The quantitative estimate of drug-likeness (QED) is 0.513. The average Bonchev–Trinajstić information content (AvgIpc) is 2.91. The molecule has 0 N–H and O–H groups in total. The second-order valence-electron chi connectivity index (χ2n) is 4.48. The summed E-state index contributed by atoms with van der Waals surface area (Å²) in [6.07, 6.45) is 5.70. The number of nitrogens with zero attached hydrogens (tertiary/aromatic N) is 3. The van der Waals surface area contributed by atoms with Gasteiger partial charge in [0, 0.05) is 29.4 Å². The first-order chi connectivity index (χ1) is 9.42. The van der Waals surface area contributed by atoms with Crippen molar-refractivity contribution in [3.63, 3.8) is 0 Å². The summed E-state index contributed by atoms with van der Waals surface area (Å²) >= 11 is 0. The highest BCUT2D eigenvalue weighted by Crippen LogP contribution is 2.20. The van der Waals surface area contributed by atoms with Crippen LogP contribution in [0.15, 0.2) is 67.1 Å². The van der Waals surface area contributed by atoms with E-state index in [1.807, 2.05) is 42.7 Å². The van der Waals surface area contributed by atoms with Crippen molar-refractivity contribution in [2.45, 2.75) is 0 Å². The van der Waals surface area contributed by atoms with Gasteiger partial charge in [-0.1, -0.05) is 18.2 Å². The van der Waals surface area contributed by atoms with E-state index < -0.39 is 0 Å². The predicted octanol–water partition coefficient (Wildman–Crippen LogP) is 3.57. The molecule has 0 radical (unpaired) electrons. The van der Waals surface area contributed by atoms with Gasteiger partial charge in [-0.05, 0) is 30.3 Å². The zero-order valence-corrected chi connectivity index (χ0v) is 10.2. The first-order valence-electron chi connectivity index (χ1n) is 6.19. The molecular weight excluding hydrogens is 234 g/mol. The highest BCUT2D eigenvalue weighted by Gasteiger charge is 2.04. The van der Waals surface area contributed by atoms with E-state index in [1.54, 1.807) is 6.20 Å². The third-order valence-electron chi connectivity index (χ3n) is 3.32. The Morgan fingerprint density at radius 1 is 0.842 bits per heavy atom. The lowest BCUT2D eigenvalue weighted by Gasteiger charge is -2.05. The van der Waals surface area contributed by atoms with E-state index in [2.05, 4.69) is 27.8 Å². The highest BCUT2D eigenvalue weighted by molar-refractivity contribution is 5.82. The minimum Gasteiger partial charge on any atom is -0.301 e. The molecule has 0 saturated heterocycles. The molecule has 19 heavy (non-hydrogen) atoms. The summed E-state index contributed by atoms with van der Waals surface area (Å²) in [5.74, 6) is 0.930. The molecule has 3 aromatic heterocycles. The van der Waals surface area contributed by atoms with Gasteiger partial charge in [0.25, 0.3) is 0 Å². The molecule has 0 aliphatic carbocycles. The molecular formula is C16H11N3. The Balaban J connectivity index is 1.99. The largest absolute Gasteiger partial charge is 0.301 e. The fraction of sp³-hybridized carbons (Fsp3) is 0. The van der Waals surface area contributed by atoms with Crippen LogP contribution in [0.5, 0.6) is 0 Å². The fourth-order valence-electron chi connectivity index (χ4n) is 2.37. The normalized spacial score (nSPS) is 11.2. The topological polar surface area (TPSA) is 30.7 Å². The Morgan fingerprint density at radius 2 is 1.79 bits per heavy atom. The first-order valence-corrected chi connectivity index (χ1v) is 6.19. The first kappa shape index (κ1) is 10.3. The number of rotatable bonds is 1. The predicted molar refractivity (Wildman–Crippen MR) is 76.4 cm³/mol. The van der Waals surface area contributed by atoms with E-state index in [0.717, 1.165) is 27.6 Å². The van der Waals surface area contributed by atoms with E-state index in [9.17, 15) is 0 Å². The van der Waals surface area contributed by atoms with Gasteiger partial charge in [0.15, 0.2) is 0 Å². The third kappa shape index (κ3) is 1.59. The van der Waals surface area contributed by atoms with Crippen LogP contribution in [0.25, 0.3) is 27.6 Å². The van der Waals surface area contributed by atoms with Crippen LogP contribution < -0.4 is 0 Å². The Kier molecular flexibility index (Phi) is 2.12. The van der Waals surface area contributed by atoms with Gasteiger partial charge in [-0.15, -0.1) is 0 Å². The Hall–Kier alpha value is -2.68. The summed E-state index contributed by atoms with van der Waals surface area (Å²) in [6, 6.07) is 16.4. The van der Waals surface area contributed by atoms with Crippen LogP contribution >= 0.6 is 0 Å². The number of fused-ring (bicyclic) bond motifs is 2. The number of para-hydroxylation sites is 1. The van der Waals surface area contributed by atoms with E-state index in [4.69, 9.17) is 4.98 Å². The van der Waals surface area contributed by atoms with E-state index >= 15 is 0 Å². The maximum Gasteiger partial charge on any atom is 0.137 e. The summed E-state index contributed by atoms with van der Waals surface area (Å²) in [4.78, 5) is 8.85. The molecule has 0 saturated carbocycles. The van der Waals surface area contributed by atoms with Crippen molar-refractivity contribution in [1.29, 1.82) is 0 Å². The molecule has 0 bridgehead atoms. The van der Waals surface area contributed by atoms with E-state index in [1.165, 1.54) is 0 Å². The van der Waals surface area contributed by atoms with Crippen molar-refractivity contribution >= 4 is 21.8 Å². The van der Waals surface area contributed by atoms with E-state index in [-0.39, 0.29) is 0 Å². The van der Waals surface area contributed by atoms with Crippen LogP contribution in [0.3, 0.4) is 0 Å². The van der Waals surface area contributed by atoms with Crippen molar-refractivity contribution in [1.82, 2.24) is 14.5 Å². The van der Waals surface area contributed by atoms with Crippen molar-refractivity contribution in [2.24, 2.45) is 0 Å². The highest BCUT2D eigenvalue weighted by atomic mass is 15.1. The summed E-state index contributed by atoms with van der Waals surface area (Å²) in [5.41, 5.74) is 2.13. The van der Waals surface area contributed by atoms with Gasteiger partial charge in [0.05, 0.1) is 11.0 Å². The lowest BCUT2D eigenvalue weighted by atomic mass is 10.2. The summed E-state index contributed by atoms with van der Waals surface area (Å²) < 4.78 is 2.09. The minimum absolute atomic E-state index is 0.930. The van der Waals surface area contributed by atoms with Gasteiger partial charge in [0.1, 0.15) is 5.82 Å². The van der Waals surface area contributed by atoms with E-state index in [0.29, 0.717) is 0 Å². The number of pyridine rings is 2. The molecule has 3 heterocycles. The molecule has 0 atom stereocenters. The van der Waals surface area contributed by atoms with Crippen molar-refractivity contribution in [3.8, 4) is 5.82 Å². The van der Waals surface area contributed by atoms with Gasteiger partial charge in [-0.2, -0.15) is 0 Å². The van der Waals surface area contributed by atoms with Gasteiger partial charge >= 0.3 is 0 Å². The van der Waals surface area contributed by atoms with Crippen LogP contribution in [0.1, 0.15) is 0 Å². The molecule has 4 aromatic rings. The molecule has 3 nitrogen and oxygen atoms in total. The number of benzene rings is 1. The Morgan fingerprint density at radius 3 is 2.79 bits per heavy atom. The lowest BCUT2D eigenvalue weighted by molar-refractivity contribution is 1.06. The number of aromatic nitrogens is 3. The molecule has 4 rings (SSSR count). The molecule has 0 spiro atoms. The molecule has 0 aliphatic heterocycles. The van der Waals surface area contributed by atoms with Crippen LogP contribution in [-0.4, -0.2) is 14.5 Å². The number of hydrogen-bond acceptors (Lipinski definition) is 2. The Bertz CT molecular complexity index is 877. The standard InChI is InChI=1S/C16H11N3/c1-2-4-14-12(3-1)5-6-16(18-14)19-10-8-13-11-17-9-7-15(13)19/h1-11H. The summed E-state index contributed by atoms with van der Waals surface area (Å²) in [7, 11) is 0. The maximum absolute atomic E-state index is 4.71. The van der Waals surface area contributed by atoms with Crippen LogP contribution in [0.2, 0.25) is 0 Å². The monoisotopic (exact) mass is 245 g/mol. The second-order valence-corrected chi connectivity index (χ2v) is 4.48. The van der Waals surface area contributed by atoms with Crippen LogP contribution in [0.4, 0.5) is 0 Å². The smallest absolute Gasteiger partial charge is 0.137 e. The lowest BCUT2D eigenvalue weighted by Crippen LogP contribution is -1.95. The zero-order valence-electron chi connectivity index (χ0n) is 10.2.